The quantitative estimate of drug-likeness (QED) is 0.790. The molecule has 0 aliphatic rings. The largest absolute Gasteiger partial charge is 0.491 e. The Morgan fingerprint density at radius 1 is 1.07 bits per heavy atom. The fourth-order valence-corrected chi connectivity index (χ4v) is 2.48. The molecule has 2 rings (SSSR count). The van der Waals surface area contributed by atoms with E-state index in [1.54, 1.807) is 24.3 Å². The third-order valence-electron chi connectivity index (χ3n) is 3.69. The number of halogens is 2. The molecule has 0 saturated heterocycles. The van der Waals surface area contributed by atoms with Crippen molar-refractivity contribution in [3.05, 3.63) is 54.1 Å². The number of nitrogens with zero attached hydrogens (tertiary/aromatic N) is 1. The molecule has 0 bridgehead atoms. The van der Waals surface area contributed by atoms with E-state index in [2.05, 4.69) is 5.32 Å². The molecule has 7 heteroatoms. The van der Waals surface area contributed by atoms with Gasteiger partial charge < -0.3 is 15.0 Å². The van der Waals surface area contributed by atoms with Crippen LogP contribution in [0.2, 0.25) is 0 Å². The highest BCUT2D eigenvalue weighted by molar-refractivity contribution is 5.94. The summed E-state index contributed by atoms with van der Waals surface area (Å²) in [4.78, 5) is 25.4. The number of anilines is 2. The first kappa shape index (κ1) is 20.4. The molecule has 0 unspecified atom stereocenters. The summed E-state index contributed by atoms with van der Waals surface area (Å²) in [6, 6.07) is 10.2. The number of rotatable bonds is 7. The van der Waals surface area contributed by atoms with E-state index in [0.29, 0.717) is 11.4 Å². The monoisotopic (exact) mass is 376 g/mol. The summed E-state index contributed by atoms with van der Waals surface area (Å²) in [6.07, 6.45) is -0.0836. The SMILES string of the molecule is CC(=O)N(CCC(=O)Nc1c(F)cccc1F)c1ccc(OC(C)C)cc1. The lowest BCUT2D eigenvalue weighted by Gasteiger charge is -2.21. The zero-order valence-electron chi connectivity index (χ0n) is 15.5. The molecule has 0 aromatic heterocycles. The minimum absolute atomic E-state index is 0.0298. The number of para-hydroxylation sites is 1. The molecule has 0 radical (unpaired) electrons. The van der Waals surface area contributed by atoms with Crippen molar-refractivity contribution in [3.8, 4) is 5.75 Å². The number of hydrogen-bond donors (Lipinski definition) is 1. The second kappa shape index (κ2) is 9.12. The summed E-state index contributed by atoms with van der Waals surface area (Å²) in [7, 11) is 0. The Labute approximate surface area is 156 Å². The van der Waals surface area contributed by atoms with Crippen LogP contribution in [0.4, 0.5) is 20.2 Å². The van der Waals surface area contributed by atoms with E-state index < -0.39 is 23.2 Å². The summed E-state index contributed by atoms with van der Waals surface area (Å²) in [6.45, 7) is 5.27. The molecule has 27 heavy (non-hydrogen) atoms. The second-order valence-electron chi connectivity index (χ2n) is 6.23. The highest BCUT2D eigenvalue weighted by atomic mass is 19.1. The summed E-state index contributed by atoms with van der Waals surface area (Å²) in [5, 5.41) is 2.21. The molecular formula is C20H22F2N2O3. The Balaban J connectivity index is 2.02. The molecule has 0 spiro atoms. The van der Waals surface area contributed by atoms with Gasteiger partial charge in [-0.25, -0.2) is 8.78 Å². The van der Waals surface area contributed by atoms with E-state index in [4.69, 9.17) is 4.74 Å². The van der Waals surface area contributed by atoms with Crippen LogP contribution in [-0.2, 0) is 9.59 Å². The molecule has 0 fully saturated rings. The minimum atomic E-state index is -0.854. The summed E-state index contributed by atoms with van der Waals surface area (Å²) in [5.41, 5.74) is 0.107. The first-order chi connectivity index (χ1) is 12.8. The van der Waals surface area contributed by atoms with Crippen molar-refractivity contribution in [2.45, 2.75) is 33.3 Å². The van der Waals surface area contributed by atoms with Gasteiger partial charge in [-0.05, 0) is 50.2 Å². The van der Waals surface area contributed by atoms with E-state index in [9.17, 15) is 18.4 Å². The summed E-state index contributed by atoms with van der Waals surface area (Å²) < 4.78 is 32.8. The van der Waals surface area contributed by atoms with Crippen molar-refractivity contribution in [3.63, 3.8) is 0 Å². The highest BCUT2D eigenvalue weighted by Gasteiger charge is 2.16. The molecule has 144 valence electrons. The number of ether oxygens (including phenoxy) is 1. The second-order valence-corrected chi connectivity index (χ2v) is 6.23. The first-order valence-electron chi connectivity index (χ1n) is 8.56. The molecule has 0 saturated carbocycles. The molecule has 2 aromatic carbocycles. The third kappa shape index (κ3) is 5.77. The van der Waals surface area contributed by atoms with Crippen LogP contribution in [0.1, 0.15) is 27.2 Å². The minimum Gasteiger partial charge on any atom is -0.491 e. The van der Waals surface area contributed by atoms with Crippen LogP contribution >= 0.6 is 0 Å². The summed E-state index contributed by atoms with van der Waals surface area (Å²) in [5.74, 6) is -1.88. The molecular weight excluding hydrogens is 354 g/mol. The summed E-state index contributed by atoms with van der Waals surface area (Å²) >= 11 is 0. The van der Waals surface area contributed by atoms with Crippen molar-refractivity contribution < 1.29 is 23.1 Å². The van der Waals surface area contributed by atoms with E-state index in [-0.39, 0.29) is 25.0 Å². The van der Waals surface area contributed by atoms with E-state index >= 15 is 0 Å². The number of carbonyl (C=O) groups excluding carboxylic acids is 2. The standard InChI is InChI=1S/C20H22F2N2O3/c1-13(2)27-16-9-7-15(8-10-16)24(14(3)25)12-11-19(26)23-20-17(21)5-4-6-18(20)22/h4-10,13H,11-12H2,1-3H3,(H,23,26). The van der Waals surface area contributed by atoms with Gasteiger partial charge in [0.05, 0.1) is 6.10 Å². The molecule has 0 aliphatic heterocycles. The maximum Gasteiger partial charge on any atom is 0.226 e. The van der Waals surface area contributed by atoms with Gasteiger partial charge in [-0.2, -0.15) is 0 Å². The number of hydrogen-bond acceptors (Lipinski definition) is 3. The lowest BCUT2D eigenvalue weighted by molar-refractivity contribution is -0.117. The van der Waals surface area contributed by atoms with Gasteiger partial charge in [-0.15, -0.1) is 0 Å². The van der Waals surface area contributed by atoms with Crippen LogP contribution in [-0.4, -0.2) is 24.5 Å². The molecule has 2 amide bonds. The highest BCUT2D eigenvalue weighted by Crippen LogP contribution is 2.22. The smallest absolute Gasteiger partial charge is 0.226 e. The van der Waals surface area contributed by atoms with E-state index in [0.717, 1.165) is 12.1 Å². The van der Waals surface area contributed by atoms with Crippen LogP contribution in [0.5, 0.6) is 5.75 Å². The van der Waals surface area contributed by atoms with Crippen molar-refractivity contribution in [2.75, 3.05) is 16.8 Å². The van der Waals surface area contributed by atoms with Crippen molar-refractivity contribution in [1.29, 1.82) is 0 Å². The Morgan fingerprint density at radius 3 is 2.19 bits per heavy atom. The lowest BCUT2D eigenvalue weighted by atomic mass is 10.2. The molecule has 1 N–H and O–H groups in total. The van der Waals surface area contributed by atoms with Crippen molar-refractivity contribution in [1.82, 2.24) is 0 Å². The number of benzene rings is 2. The maximum atomic E-state index is 13.6. The van der Waals surface area contributed by atoms with Crippen LogP contribution in [0.15, 0.2) is 42.5 Å². The van der Waals surface area contributed by atoms with Crippen LogP contribution in [0.25, 0.3) is 0 Å². The number of nitrogens with one attached hydrogen (secondary N) is 1. The fourth-order valence-electron chi connectivity index (χ4n) is 2.48. The Hall–Kier alpha value is -2.96. The molecule has 5 nitrogen and oxygen atoms in total. The van der Waals surface area contributed by atoms with Crippen molar-refractivity contribution in [2.24, 2.45) is 0 Å². The van der Waals surface area contributed by atoms with E-state index in [1.165, 1.54) is 17.9 Å². The maximum absolute atomic E-state index is 13.6. The third-order valence-corrected chi connectivity index (χ3v) is 3.69. The first-order valence-corrected chi connectivity index (χ1v) is 8.56. The van der Waals surface area contributed by atoms with Gasteiger partial charge in [0, 0.05) is 25.6 Å². The molecule has 0 heterocycles. The van der Waals surface area contributed by atoms with Gasteiger partial charge in [0.25, 0.3) is 0 Å². The Bertz CT molecular complexity index is 787. The van der Waals surface area contributed by atoms with Gasteiger partial charge in [-0.3, -0.25) is 9.59 Å². The predicted octanol–water partition coefficient (Wildman–Crippen LogP) is 4.13. The van der Waals surface area contributed by atoms with Crippen LogP contribution < -0.4 is 15.0 Å². The normalized spacial score (nSPS) is 10.6. The molecule has 0 aliphatic carbocycles. The number of amides is 2. The van der Waals surface area contributed by atoms with Crippen molar-refractivity contribution >= 4 is 23.2 Å². The van der Waals surface area contributed by atoms with Crippen LogP contribution in [0, 0.1) is 11.6 Å². The number of carbonyl (C=O) groups is 2. The predicted molar refractivity (Wildman–Crippen MR) is 99.8 cm³/mol. The van der Waals surface area contributed by atoms with Gasteiger partial charge in [0.1, 0.15) is 23.1 Å². The van der Waals surface area contributed by atoms with Crippen LogP contribution in [0.3, 0.4) is 0 Å². The van der Waals surface area contributed by atoms with Gasteiger partial charge in [0.15, 0.2) is 0 Å². The van der Waals surface area contributed by atoms with Gasteiger partial charge in [-0.1, -0.05) is 6.07 Å². The average Bonchev–Trinajstić information content (AvgIpc) is 2.59. The molecule has 0 atom stereocenters. The van der Waals surface area contributed by atoms with E-state index in [1.807, 2.05) is 13.8 Å². The average molecular weight is 376 g/mol. The Morgan fingerprint density at radius 2 is 1.67 bits per heavy atom. The zero-order valence-corrected chi connectivity index (χ0v) is 15.5. The van der Waals surface area contributed by atoms with Gasteiger partial charge in [0.2, 0.25) is 11.8 Å². The Kier molecular flexibility index (Phi) is 6.87. The molecule has 2 aromatic rings. The topological polar surface area (TPSA) is 58.6 Å². The van der Waals surface area contributed by atoms with Gasteiger partial charge >= 0.3 is 0 Å². The fraction of sp³-hybridized carbons (Fsp3) is 0.300. The lowest BCUT2D eigenvalue weighted by Crippen LogP contribution is -2.32. The zero-order chi connectivity index (χ0) is 20.0.